The van der Waals surface area contributed by atoms with Gasteiger partial charge >= 0.3 is 118 Å². The summed E-state index contributed by atoms with van der Waals surface area (Å²) in [6.07, 6.45) is 0. The molecule has 0 aromatic heterocycles. The molecule has 0 bridgehead atoms. The van der Waals surface area contributed by atoms with E-state index in [-0.39, 0.29) is 48.1 Å². The van der Waals surface area contributed by atoms with Gasteiger partial charge in [-0.3, -0.25) is 0 Å². The Hall–Kier alpha value is 0.604. The predicted molar refractivity (Wildman–Crippen MR) is 91.0 cm³/mol. The van der Waals surface area contributed by atoms with Crippen LogP contribution in [0.1, 0.15) is 58.2 Å². The molecule has 0 radical (unpaired) electrons. The zero-order valence-corrected chi connectivity index (χ0v) is 17.3. The minimum Gasteiger partial charge on any atom is -0.147 e. The van der Waals surface area contributed by atoms with Crippen molar-refractivity contribution in [2.24, 2.45) is 0 Å². The third-order valence-corrected chi connectivity index (χ3v) is 3.27. The van der Waals surface area contributed by atoms with Gasteiger partial charge in [-0.25, -0.2) is 0 Å². The molecule has 0 amide bonds. The second kappa shape index (κ2) is 8.90. The Kier molecular flexibility index (Phi) is 11.4. The minimum atomic E-state index is 0. The first kappa shape index (κ1) is 25.6. The largest absolute Gasteiger partial charge is 0.147 e. The zero-order valence-electron chi connectivity index (χ0n) is 13.3. The van der Waals surface area contributed by atoms with Crippen LogP contribution < -0.4 is 3.32 Å². The number of halogens is 3. The molecule has 0 heterocycles. The van der Waals surface area contributed by atoms with Gasteiger partial charge in [-0.1, -0.05) is 0 Å². The molecule has 5 heteroatoms. The van der Waals surface area contributed by atoms with E-state index in [4.69, 9.17) is 3.32 Å². The predicted octanol–water partition coefficient (Wildman–Crippen LogP) is 5.70. The molecule has 0 saturated heterocycles. The Morgan fingerprint density at radius 1 is 0.800 bits per heavy atom. The van der Waals surface area contributed by atoms with Crippen LogP contribution in [0.25, 0.3) is 0 Å². The summed E-state index contributed by atoms with van der Waals surface area (Å²) in [5.74, 6) is 1.05. The Labute approximate surface area is 154 Å². The second-order valence-corrected chi connectivity index (χ2v) is 7.11. The summed E-state index contributed by atoms with van der Waals surface area (Å²) in [5.41, 5.74) is 4.12. The monoisotopic (exact) mass is 375 g/mol. The fourth-order valence-corrected chi connectivity index (χ4v) is 2.34. The molecule has 0 fully saturated rings. The molecule has 117 valence electrons. The van der Waals surface area contributed by atoms with E-state index < -0.39 is 0 Å². The van der Waals surface area contributed by atoms with E-state index in [1.165, 1.54) is 16.7 Å². The van der Waals surface area contributed by atoms with Crippen molar-refractivity contribution < 1.29 is 24.1 Å². The van der Waals surface area contributed by atoms with E-state index >= 15 is 0 Å². The van der Waals surface area contributed by atoms with Crippen LogP contribution in [0.15, 0.2) is 12.1 Å². The van der Waals surface area contributed by atoms with Crippen molar-refractivity contribution in [3.8, 4) is 5.75 Å². The Morgan fingerprint density at radius 3 is 1.30 bits per heavy atom. The molecular weight excluding hydrogens is 350 g/mol. The first-order valence-corrected chi connectivity index (χ1v) is 6.70. The van der Waals surface area contributed by atoms with Gasteiger partial charge in [0.2, 0.25) is 0 Å². The SMILES string of the molecule is Cc1cc(C(C)(C)C)c([O][Ti])c(C(C)(C)C)c1.Cl.Cl.Cl. The van der Waals surface area contributed by atoms with Crippen LogP contribution in [0.5, 0.6) is 5.75 Å². The normalized spacial score (nSPS) is 10.7. The maximum atomic E-state index is 5.68. The molecule has 0 saturated carbocycles. The summed E-state index contributed by atoms with van der Waals surface area (Å²) in [6.45, 7) is 15.6. The minimum absolute atomic E-state index is 0. The van der Waals surface area contributed by atoms with E-state index in [1.807, 2.05) is 0 Å². The first-order chi connectivity index (χ1) is 7.57. The summed E-state index contributed by atoms with van der Waals surface area (Å²) in [6, 6.07) is 4.49. The Morgan fingerprint density at radius 2 is 1.10 bits per heavy atom. The van der Waals surface area contributed by atoms with Crippen molar-refractivity contribution in [1.82, 2.24) is 0 Å². The summed E-state index contributed by atoms with van der Waals surface area (Å²) in [7, 11) is 0. The maximum absolute atomic E-state index is 5.68. The third-order valence-electron chi connectivity index (χ3n) is 2.95. The van der Waals surface area contributed by atoms with Crippen molar-refractivity contribution in [2.75, 3.05) is 0 Å². The van der Waals surface area contributed by atoms with E-state index in [2.05, 4.69) is 60.6 Å². The van der Waals surface area contributed by atoms with Gasteiger partial charge in [0.15, 0.2) is 0 Å². The van der Waals surface area contributed by atoms with Crippen LogP contribution in [0.4, 0.5) is 0 Å². The maximum Gasteiger partial charge on any atom is -0.147 e. The van der Waals surface area contributed by atoms with Crippen LogP contribution in [-0.4, -0.2) is 0 Å². The fourth-order valence-electron chi connectivity index (χ4n) is 2.00. The number of benzene rings is 1. The Bertz CT molecular complexity index is 385. The topological polar surface area (TPSA) is 9.23 Å². The van der Waals surface area contributed by atoms with Gasteiger partial charge in [0, 0.05) is 0 Å². The van der Waals surface area contributed by atoms with Crippen molar-refractivity contribution in [3.05, 3.63) is 28.8 Å². The molecule has 0 aliphatic rings. The van der Waals surface area contributed by atoms with Gasteiger partial charge in [-0.05, 0) is 0 Å². The third kappa shape index (κ3) is 6.16. The summed E-state index contributed by atoms with van der Waals surface area (Å²) in [5, 5.41) is 0. The van der Waals surface area contributed by atoms with E-state index in [1.54, 1.807) is 20.8 Å². The van der Waals surface area contributed by atoms with E-state index in [0.717, 1.165) is 5.75 Å². The number of hydrogen-bond acceptors (Lipinski definition) is 1. The summed E-state index contributed by atoms with van der Waals surface area (Å²) >= 11 is 1.77. The van der Waals surface area contributed by atoms with Crippen LogP contribution in [0.3, 0.4) is 0 Å². The van der Waals surface area contributed by atoms with Crippen molar-refractivity contribution in [2.45, 2.75) is 59.3 Å². The number of hydrogen-bond donors (Lipinski definition) is 0. The molecule has 0 spiro atoms. The van der Waals surface area contributed by atoms with Gasteiger partial charge in [0.25, 0.3) is 0 Å². The molecule has 0 atom stereocenters. The van der Waals surface area contributed by atoms with Gasteiger partial charge in [0.05, 0.1) is 0 Å². The number of rotatable bonds is 1. The van der Waals surface area contributed by atoms with Gasteiger partial charge in [-0.15, -0.1) is 37.2 Å². The van der Waals surface area contributed by atoms with E-state index in [0.29, 0.717) is 0 Å². The van der Waals surface area contributed by atoms with Crippen LogP contribution in [-0.2, 0) is 31.7 Å². The standard InChI is InChI=1S/C15H24O.3ClH.Ti/c1-10-8-11(14(2,3)4)13(16)12(9-10)15(5,6)7;;;;/h8-9,16H,1-7H3;3*1H;/q;;;;+1/p-1. The Balaban J connectivity index is -0.000000963. The molecule has 1 aromatic rings. The molecule has 1 rings (SSSR count). The average molecular weight is 377 g/mol. The molecule has 20 heavy (non-hydrogen) atoms. The quantitative estimate of drug-likeness (QED) is 0.572. The van der Waals surface area contributed by atoms with Gasteiger partial charge < -0.3 is 0 Å². The summed E-state index contributed by atoms with van der Waals surface area (Å²) < 4.78 is 5.68. The molecule has 0 N–H and O–H groups in total. The van der Waals surface area contributed by atoms with Crippen LogP contribution >= 0.6 is 37.2 Å². The van der Waals surface area contributed by atoms with Crippen molar-refractivity contribution >= 4 is 37.2 Å². The second-order valence-electron chi connectivity index (χ2n) is 6.79. The first-order valence-electron chi connectivity index (χ1n) is 6.06. The molecular formula is C15H26Cl3OTi. The number of aryl methyl sites for hydroxylation is 1. The zero-order chi connectivity index (χ0) is 13.4. The smallest absolute Gasteiger partial charge is 0.147 e. The molecule has 1 nitrogen and oxygen atoms in total. The van der Waals surface area contributed by atoms with Gasteiger partial charge in [-0.2, -0.15) is 0 Å². The molecule has 0 unspecified atom stereocenters. The average Bonchev–Trinajstić information content (AvgIpc) is 2.13. The van der Waals surface area contributed by atoms with Gasteiger partial charge in [0.1, 0.15) is 0 Å². The van der Waals surface area contributed by atoms with E-state index in [9.17, 15) is 0 Å². The van der Waals surface area contributed by atoms with Crippen molar-refractivity contribution in [1.29, 1.82) is 0 Å². The molecule has 0 aliphatic heterocycles. The molecule has 0 aliphatic carbocycles. The van der Waals surface area contributed by atoms with Crippen LogP contribution in [0, 0.1) is 6.92 Å². The van der Waals surface area contributed by atoms with Crippen LogP contribution in [0.2, 0.25) is 0 Å². The van der Waals surface area contributed by atoms with Crippen molar-refractivity contribution in [3.63, 3.8) is 0 Å². The summed E-state index contributed by atoms with van der Waals surface area (Å²) in [4.78, 5) is 0. The fraction of sp³-hybridized carbons (Fsp3) is 0.600. The molecule has 1 aromatic carbocycles.